The van der Waals surface area contributed by atoms with E-state index >= 15 is 0 Å². The van der Waals surface area contributed by atoms with Crippen LogP contribution in [0.3, 0.4) is 0 Å². The molecule has 0 atom stereocenters. The van der Waals surface area contributed by atoms with Gasteiger partial charge in [-0.1, -0.05) is 118 Å². The van der Waals surface area contributed by atoms with E-state index in [1.54, 1.807) is 92.0 Å². The molecule has 16 heteroatoms. The Morgan fingerprint density at radius 1 is 0.247 bits per heavy atom. The zero-order valence-corrected chi connectivity index (χ0v) is 38.2. The largest absolute Gasteiger partial charge is 0.220 e. The molecule has 0 N–H and O–H groups in total. The molecule has 0 saturated carbocycles. The van der Waals surface area contributed by atoms with Gasteiger partial charge in [-0.2, -0.15) is 0 Å². The van der Waals surface area contributed by atoms with E-state index in [1.807, 2.05) is 48.5 Å². The molecule has 4 heterocycles. The average Bonchev–Trinajstić information content (AvgIpc) is 4.30. The lowest BCUT2D eigenvalue weighted by Gasteiger charge is -2.37. The SMILES string of the molecule is Fc1ccc(-n2cc(-c3ccc(C(c4ccc(-c5cn(-c6ccc(F)cc6)nn5)cc4)(c4ccc(-c5cn(-c6ccc(F)cc6)nn5)cc4)c4ccc(-c5cn(-c6ccc(F)cc6)nn5)cc4)cc3)nn2)cc1. The molecule has 8 aromatic carbocycles. The van der Waals surface area contributed by atoms with Gasteiger partial charge in [-0.3, -0.25) is 0 Å². The van der Waals surface area contributed by atoms with Crippen molar-refractivity contribution in [1.82, 2.24) is 60.0 Å². The molecule has 73 heavy (non-hydrogen) atoms. The maximum atomic E-state index is 13.8. The fourth-order valence-corrected chi connectivity index (χ4v) is 9.03. The Hall–Kier alpha value is -9.96. The number of rotatable bonds is 12. The number of hydrogen-bond donors (Lipinski definition) is 0. The van der Waals surface area contributed by atoms with E-state index in [0.29, 0.717) is 45.5 Å². The van der Waals surface area contributed by atoms with Crippen molar-refractivity contribution in [1.29, 1.82) is 0 Å². The molecule has 0 aliphatic rings. The molecule has 12 rings (SSSR count). The molecule has 0 aliphatic carbocycles. The Balaban J connectivity index is 0.988. The number of aromatic nitrogens is 12. The van der Waals surface area contributed by atoms with Crippen LogP contribution in [0.1, 0.15) is 22.3 Å². The summed E-state index contributed by atoms with van der Waals surface area (Å²) in [5, 5.41) is 35.2. The van der Waals surface area contributed by atoms with Gasteiger partial charge in [-0.15, -0.1) is 20.4 Å². The van der Waals surface area contributed by atoms with Crippen LogP contribution in [0.25, 0.3) is 67.8 Å². The first-order chi connectivity index (χ1) is 35.7. The standard InChI is InChI=1S/C57H36F4N12/c58-45-17-25-49(26-18-45)70-33-53(62-66-70)37-1-9-41(10-2-37)57(42-11-3-38(4-12-42)54-34-71(67-63-54)50-27-19-46(59)20-28-50,43-13-5-39(6-14-43)55-35-72(68-64-55)51-29-21-47(60)22-30-51)44-15-7-40(8-16-44)56-36-73(69-65-56)52-31-23-48(61)24-32-52/h1-36H. The first-order valence-corrected chi connectivity index (χ1v) is 22.9. The van der Waals surface area contributed by atoms with Crippen molar-refractivity contribution in [3.63, 3.8) is 0 Å². The lowest BCUT2D eigenvalue weighted by atomic mass is 9.64. The maximum Gasteiger partial charge on any atom is 0.123 e. The van der Waals surface area contributed by atoms with Crippen molar-refractivity contribution in [3.8, 4) is 67.8 Å². The molecule has 0 amide bonds. The summed E-state index contributed by atoms with van der Waals surface area (Å²) >= 11 is 0. The van der Waals surface area contributed by atoms with Gasteiger partial charge in [0.1, 0.15) is 46.0 Å². The van der Waals surface area contributed by atoms with Crippen LogP contribution in [-0.2, 0) is 5.41 Å². The predicted molar refractivity (Wildman–Crippen MR) is 266 cm³/mol. The fraction of sp³-hybridized carbons (Fsp3) is 0.0175. The van der Waals surface area contributed by atoms with Crippen molar-refractivity contribution in [2.45, 2.75) is 5.41 Å². The molecule has 0 bridgehead atoms. The minimum atomic E-state index is -0.983. The van der Waals surface area contributed by atoms with Crippen molar-refractivity contribution < 1.29 is 17.6 Å². The molecule has 0 saturated heterocycles. The molecule has 0 radical (unpaired) electrons. The minimum absolute atomic E-state index is 0.346. The first-order valence-electron chi connectivity index (χ1n) is 22.9. The van der Waals surface area contributed by atoms with Crippen molar-refractivity contribution in [3.05, 3.63) is 264 Å². The number of nitrogens with zero attached hydrogens (tertiary/aromatic N) is 12. The molecule has 0 unspecified atom stereocenters. The van der Waals surface area contributed by atoms with E-state index in [4.69, 9.17) is 0 Å². The lowest BCUT2D eigenvalue weighted by Crippen LogP contribution is -2.31. The third kappa shape index (κ3) is 8.52. The van der Waals surface area contributed by atoms with Gasteiger partial charge in [0.25, 0.3) is 0 Å². The van der Waals surface area contributed by atoms with Crippen molar-refractivity contribution in [2.75, 3.05) is 0 Å². The fourth-order valence-electron chi connectivity index (χ4n) is 9.03. The highest BCUT2D eigenvalue weighted by Crippen LogP contribution is 2.47. The Morgan fingerprint density at radius 2 is 0.438 bits per heavy atom. The van der Waals surface area contributed by atoms with Crippen LogP contribution in [0, 0.1) is 23.3 Å². The summed E-state index contributed by atoms with van der Waals surface area (Å²) < 4.78 is 61.5. The molecule has 12 nitrogen and oxygen atoms in total. The Kier molecular flexibility index (Phi) is 11.2. The average molecular weight is 965 g/mol. The highest BCUT2D eigenvalue weighted by atomic mass is 19.1. The van der Waals surface area contributed by atoms with Gasteiger partial charge >= 0.3 is 0 Å². The van der Waals surface area contributed by atoms with E-state index < -0.39 is 5.41 Å². The molecule has 0 fully saturated rings. The van der Waals surface area contributed by atoms with Gasteiger partial charge in [0.2, 0.25) is 0 Å². The van der Waals surface area contributed by atoms with Gasteiger partial charge in [0.05, 0.1) is 53.0 Å². The highest BCUT2D eigenvalue weighted by Gasteiger charge is 2.39. The van der Waals surface area contributed by atoms with Gasteiger partial charge in [0, 0.05) is 22.3 Å². The normalized spacial score (nSPS) is 11.6. The quantitative estimate of drug-likeness (QED) is 0.0876. The predicted octanol–water partition coefficient (Wildman–Crippen LogP) is 11.6. The van der Waals surface area contributed by atoms with E-state index in [9.17, 15) is 17.6 Å². The smallest absolute Gasteiger partial charge is 0.123 e. The summed E-state index contributed by atoms with van der Waals surface area (Å²) in [5.41, 5.74) is 11.1. The Labute approximate surface area is 413 Å². The Morgan fingerprint density at radius 3 is 0.630 bits per heavy atom. The lowest BCUT2D eigenvalue weighted by molar-refractivity contribution is 0.626. The second-order valence-corrected chi connectivity index (χ2v) is 17.2. The van der Waals surface area contributed by atoms with Gasteiger partial charge in [-0.25, -0.2) is 36.3 Å². The van der Waals surface area contributed by atoms with E-state index in [2.05, 4.69) is 89.8 Å². The molecule has 4 aromatic heterocycles. The molecule has 0 aliphatic heterocycles. The zero-order chi connectivity index (χ0) is 49.5. The van der Waals surface area contributed by atoms with E-state index in [-0.39, 0.29) is 23.3 Å². The topological polar surface area (TPSA) is 123 Å². The summed E-state index contributed by atoms with van der Waals surface area (Å²) in [6, 6.07) is 56.9. The van der Waals surface area contributed by atoms with Crippen LogP contribution in [0.4, 0.5) is 17.6 Å². The van der Waals surface area contributed by atoms with Crippen LogP contribution >= 0.6 is 0 Å². The second kappa shape index (κ2) is 18.4. The molecule has 0 spiro atoms. The third-order valence-corrected chi connectivity index (χ3v) is 12.8. The Bertz CT molecular complexity index is 3330. The number of benzene rings is 8. The van der Waals surface area contributed by atoms with Gasteiger partial charge < -0.3 is 0 Å². The second-order valence-electron chi connectivity index (χ2n) is 17.2. The van der Waals surface area contributed by atoms with Crippen LogP contribution in [0.2, 0.25) is 0 Å². The zero-order valence-electron chi connectivity index (χ0n) is 38.2. The minimum Gasteiger partial charge on any atom is -0.220 e. The van der Waals surface area contributed by atoms with Gasteiger partial charge in [0.15, 0.2) is 0 Å². The summed E-state index contributed by atoms with van der Waals surface area (Å²) in [6.07, 6.45) is 7.21. The van der Waals surface area contributed by atoms with Crippen LogP contribution in [0.15, 0.2) is 219 Å². The first kappa shape index (κ1) is 44.3. The highest BCUT2D eigenvalue weighted by molar-refractivity contribution is 5.70. The maximum absolute atomic E-state index is 13.8. The van der Waals surface area contributed by atoms with E-state index in [1.165, 1.54) is 48.5 Å². The van der Waals surface area contributed by atoms with Crippen LogP contribution in [-0.4, -0.2) is 60.0 Å². The van der Waals surface area contributed by atoms with Crippen LogP contribution in [0.5, 0.6) is 0 Å². The van der Waals surface area contributed by atoms with Gasteiger partial charge in [-0.05, 0) is 119 Å². The monoisotopic (exact) mass is 964 g/mol. The molecular weight excluding hydrogens is 929 g/mol. The van der Waals surface area contributed by atoms with Crippen LogP contribution < -0.4 is 0 Å². The number of hydrogen-bond acceptors (Lipinski definition) is 8. The van der Waals surface area contributed by atoms with Crippen molar-refractivity contribution in [2.24, 2.45) is 0 Å². The summed E-state index contributed by atoms with van der Waals surface area (Å²) in [7, 11) is 0. The van der Waals surface area contributed by atoms with Crippen molar-refractivity contribution >= 4 is 0 Å². The summed E-state index contributed by atoms with van der Waals surface area (Å²) in [6.45, 7) is 0. The molecular formula is C57H36F4N12. The molecule has 352 valence electrons. The third-order valence-electron chi connectivity index (χ3n) is 12.8. The summed E-state index contributed by atoms with van der Waals surface area (Å²) in [4.78, 5) is 0. The molecule has 12 aromatic rings. The van der Waals surface area contributed by atoms with E-state index in [0.717, 1.165) is 44.5 Å². The number of halogens is 4. The summed E-state index contributed by atoms with van der Waals surface area (Å²) in [5.74, 6) is -1.39.